The number of fused-ring (bicyclic) bond motifs is 1. The van der Waals surface area contributed by atoms with Crippen LogP contribution in [0.3, 0.4) is 0 Å². The van der Waals surface area contributed by atoms with Gasteiger partial charge in [-0.3, -0.25) is 0 Å². The number of benzene rings is 1. The molecule has 8 heteroatoms. The van der Waals surface area contributed by atoms with Gasteiger partial charge in [0.25, 0.3) is 0 Å². The van der Waals surface area contributed by atoms with E-state index in [0.29, 0.717) is 5.56 Å². The van der Waals surface area contributed by atoms with Crippen molar-refractivity contribution in [1.82, 2.24) is 5.32 Å². The molecule has 0 bridgehead atoms. The third-order valence-corrected chi connectivity index (χ3v) is 3.98. The van der Waals surface area contributed by atoms with E-state index >= 15 is 0 Å². The van der Waals surface area contributed by atoms with Gasteiger partial charge in [-0.2, -0.15) is 17.6 Å². The van der Waals surface area contributed by atoms with E-state index in [-0.39, 0.29) is 10.9 Å². The van der Waals surface area contributed by atoms with Crippen molar-refractivity contribution in [2.75, 3.05) is 13.1 Å². The number of alkyl halides is 4. The van der Waals surface area contributed by atoms with Crippen molar-refractivity contribution < 1.29 is 27.0 Å². The molecule has 0 amide bonds. The van der Waals surface area contributed by atoms with Crippen LogP contribution in [0, 0.1) is 0 Å². The molecule has 3 nitrogen and oxygen atoms in total. The summed E-state index contributed by atoms with van der Waals surface area (Å²) in [7, 11) is 0. The van der Waals surface area contributed by atoms with Gasteiger partial charge < -0.3 is 14.8 Å². The minimum absolute atomic E-state index is 0.0729. The highest BCUT2D eigenvalue weighted by atomic mass is 35.5. The number of ether oxygens (including phenoxy) is 2. The lowest BCUT2D eigenvalue weighted by Gasteiger charge is -2.33. The Morgan fingerprint density at radius 1 is 1.00 bits per heavy atom. The van der Waals surface area contributed by atoms with E-state index in [0.717, 1.165) is 32.0 Å². The zero-order valence-corrected chi connectivity index (χ0v) is 11.5. The van der Waals surface area contributed by atoms with Crippen LogP contribution in [-0.2, 0) is 0 Å². The van der Waals surface area contributed by atoms with Gasteiger partial charge in [-0.05, 0) is 43.5 Å². The van der Waals surface area contributed by atoms with Crippen LogP contribution in [-0.4, -0.2) is 25.3 Å². The van der Waals surface area contributed by atoms with E-state index in [1.54, 1.807) is 0 Å². The smallest absolute Gasteiger partial charge is 0.421 e. The fourth-order valence-corrected chi connectivity index (χ4v) is 2.86. The van der Waals surface area contributed by atoms with E-state index in [9.17, 15) is 17.6 Å². The second-order valence-corrected chi connectivity index (χ2v) is 5.49. The van der Waals surface area contributed by atoms with Crippen molar-refractivity contribution >= 4 is 11.6 Å². The molecular weight excluding hydrogens is 314 g/mol. The van der Waals surface area contributed by atoms with Crippen LogP contribution in [0.25, 0.3) is 0 Å². The number of halogens is 5. The van der Waals surface area contributed by atoms with Crippen LogP contribution in [0.1, 0.15) is 24.3 Å². The van der Waals surface area contributed by atoms with Gasteiger partial charge in [-0.15, -0.1) is 0 Å². The second-order valence-electron chi connectivity index (χ2n) is 5.08. The number of hydrogen-bond donors (Lipinski definition) is 1. The minimum Gasteiger partial charge on any atom is -0.421 e. The first kappa shape index (κ1) is 14.7. The molecule has 0 radical (unpaired) electrons. The molecule has 116 valence electrons. The lowest BCUT2D eigenvalue weighted by atomic mass is 9.90. The Morgan fingerprint density at radius 2 is 1.52 bits per heavy atom. The van der Waals surface area contributed by atoms with Gasteiger partial charge in [0.1, 0.15) is 0 Å². The highest BCUT2D eigenvalue weighted by Crippen LogP contribution is 2.49. The average molecular weight is 326 g/mol. The molecular formula is C13H12ClF4NO2. The van der Waals surface area contributed by atoms with E-state index in [2.05, 4.69) is 14.8 Å². The molecule has 21 heavy (non-hydrogen) atoms. The molecule has 1 saturated heterocycles. The van der Waals surface area contributed by atoms with E-state index < -0.39 is 23.7 Å². The van der Waals surface area contributed by atoms with Gasteiger partial charge >= 0.3 is 12.2 Å². The number of rotatable bonds is 1. The zero-order valence-electron chi connectivity index (χ0n) is 10.8. The molecule has 0 aromatic heterocycles. The highest BCUT2D eigenvalue weighted by Gasteiger charge is 2.66. The van der Waals surface area contributed by atoms with Crippen molar-refractivity contribution in [3.05, 3.63) is 22.7 Å². The van der Waals surface area contributed by atoms with Crippen LogP contribution >= 0.6 is 11.6 Å². The van der Waals surface area contributed by atoms with Gasteiger partial charge in [0.2, 0.25) is 0 Å². The maximum atomic E-state index is 13.2. The molecule has 0 unspecified atom stereocenters. The third kappa shape index (κ3) is 2.53. The third-order valence-electron chi connectivity index (χ3n) is 3.66. The maximum Gasteiger partial charge on any atom is 0.507 e. The van der Waals surface area contributed by atoms with E-state index in [4.69, 9.17) is 11.6 Å². The Labute approximate surface area is 123 Å². The van der Waals surface area contributed by atoms with Gasteiger partial charge in [-0.1, -0.05) is 11.6 Å². The van der Waals surface area contributed by atoms with Gasteiger partial charge in [0.05, 0.1) is 0 Å². The Hall–Kier alpha value is -1.21. The molecule has 3 rings (SSSR count). The highest BCUT2D eigenvalue weighted by molar-refractivity contribution is 6.31. The molecule has 0 saturated carbocycles. The first-order valence-corrected chi connectivity index (χ1v) is 6.86. The molecule has 1 aromatic carbocycles. The summed E-state index contributed by atoms with van der Waals surface area (Å²) in [5.41, 5.74) is 0.613. The predicted octanol–water partition coefficient (Wildman–Crippen LogP) is 3.76. The van der Waals surface area contributed by atoms with Crippen LogP contribution in [0.2, 0.25) is 5.02 Å². The summed E-state index contributed by atoms with van der Waals surface area (Å²) < 4.78 is 60.8. The number of hydrogen-bond acceptors (Lipinski definition) is 3. The van der Waals surface area contributed by atoms with E-state index in [1.165, 1.54) is 6.07 Å². The molecule has 0 atom stereocenters. The topological polar surface area (TPSA) is 30.5 Å². The molecule has 0 spiro atoms. The Kier molecular flexibility index (Phi) is 3.44. The summed E-state index contributed by atoms with van der Waals surface area (Å²) in [6.07, 6.45) is -7.86. The number of nitrogens with one attached hydrogen (secondary N) is 1. The SMILES string of the molecule is FC1(F)Oc2cc(Cl)c(C3CCNCC3)cc2OC1(F)F. The molecule has 0 aliphatic carbocycles. The Bertz CT molecular complexity index is 561. The zero-order chi connectivity index (χ0) is 15.3. The Balaban J connectivity index is 1.97. The maximum absolute atomic E-state index is 13.2. The lowest BCUT2D eigenvalue weighted by Crippen LogP contribution is -2.52. The molecule has 2 aliphatic rings. The van der Waals surface area contributed by atoms with Gasteiger partial charge in [0, 0.05) is 11.1 Å². The molecule has 1 fully saturated rings. The predicted molar refractivity (Wildman–Crippen MR) is 67.4 cm³/mol. The van der Waals surface area contributed by atoms with Crippen molar-refractivity contribution in [2.24, 2.45) is 0 Å². The largest absolute Gasteiger partial charge is 0.507 e. The summed E-state index contributed by atoms with van der Waals surface area (Å²) >= 11 is 6.07. The summed E-state index contributed by atoms with van der Waals surface area (Å²) in [5, 5.41) is 3.39. The van der Waals surface area contributed by atoms with E-state index in [1.807, 2.05) is 0 Å². The van der Waals surface area contributed by atoms with Gasteiger partial charge in [-0.25, -0.2) is 0 Å². The number of piperidine rings is 1. The van der Waals surface area contributed by atoms with Crippen molar-refractivity contribution in [3.63, 3.8) is 0 Å². The van der Waals surface area contributed by atoms with Crippen LogP contribution in [0.5, 0.6) is 11.5 Å². The summed E-state index contributed by atoms with van der Waals surface area (Å²) in [4.78, 5) is 0. The molecule has 2 heterocycles. The summed E-state index contributed by atoms with van der Waals surface area (Å²) in [6, 6.07) is 2.38. The first-order chi connectivity index (χ1) is 9.80. The first-order valence-electron chi connectivity index (χ1n) is 6.48. The van der Waals surface area contributed by atoms with Crippen molar-refractivity contribution in [2.45, 2.75) is 31.0 Å². The van der Waals surface area contributed by atoms with Gasteiger partial charge in [0.15, 0.2) is 11.5 Å². The van der Waals surface area contributed by atoms with Crippen molar-refractivity contribution in [3.8, 4) is 11.5 Å². The average Bonchev–Trinajstić information content (AvgIpc) is 2.41. The fraction of sp³-hybridized carbons (Fsp3) is 0.538. The molecule has 1 N–H and O–H groups in total. The van der Waals surface area contributed by atoms with Crippen LogP contribution in [0.15, 0.2) is 12.1 Å². The lowest BCUT2D eigenvalue weighted by molar-refractivity contribution is -0.391. The van der Waals surface area contributed by atoms with Crippen LogP contribution < -0.4 is 14.8 Å². The normalized spacial score (nSPS) is 23.9. The summed E-state index contributed by atoms with van der Waals surface area (Å²) in [6.45, 7) is 1.56. The quantitative estimate of drug-likeness (QED) is 0.797. The standard InChI is InChI=1S/C13H12ClF4NO2/c14-9-6-11-10(20-12(15,16)13(17,18)21-11)5-8(9)7-1-3-19-4-2-7/h5-7,19H,1-4H2. The Morgan fingerprint density at radius 3 is 2.10 bits per heavy atom. The monoisotopic (exact) mass is 325 g/mol. The van der Waals surface area contributed by atoms with Crippen LogP contribution in [0.4, 0.5) is 17.6 Å². The molecule has 1 aromatic rings. The summed E-state index contributed by atoms with van der Waals surface area (Å²) in [5.74, 6) is -0.818. The van der Waals surface area contributed by atoms with Crippen molar-refractivity contribution in [1.29, 1.82) is 0 Å². The second kappa shape index (κ2) is 4.91. The molecule has 2 aliphatic heterocycles. The minimum atomic E-state index is -4.72. The fourth-order valence-electron chi connectivity index (χ4n) is 2.55.